The fourth-order valence-corrected chi connectivity index (χ4v) is 1.00. The van der Waals surface area contributed by atoms with Gasteiger partial charge in [-0.2, -0.15) is 4.98 Å². The Morgan fingerprint density at radius 3 is 2.50 bits per heavy atom. The van der Waals surface area contributed by atoms with Crippen molar-refractivity contribution in [1.29, 1.82) is 0 Å². The highest BCUT2D eigenvalue weighted by atomic mass is 16.5. The molecule has 3 nitrogen and oxygen atoms in total. The zero-order valence-corrected chi connectivity index (χ0v) is 6.69. The van der Waals surface area contributed by atoms with Crippen LogP contribution in [0.2, 0.25) is 0 Å². The molecule has 0 radical (unpaired) electrons. The van der Waals surface area contributed by atoms with Gasteiger partial charge >= 0.3 is 0 Å². The molecular weight excluding hydrogens is 152 g/mol. The lowest BCUT2D eigenvalue weighted by atomic mass is 10.2. The van der Waals surface area contributed by atoms with Crippen molar-refractivity contribution < 1.29 is 4.52 Å². The number of benzene rings is 1. The molecule has 0 spiro atoms. The zero-order chi connectivity index (χ0) is 8.39. The van der Waals surface area contributed by atoms with E-state index in [1.165, 1.54) is 0 Å². The number of hydrogen-bond donors (Lipinski definition) is 0. The van der Waals surface area contributed by atoms with Crippen LogP contribution in [0.25, 0.3) is 11.4 Å². The summed E-state index contributed by atoms with van der Waals surface area (Å²) in [6, 6.07) is 9.74. The third kappa shape index (κ3) is 1.21. The number of aromatic nitrogens is 2. The maximum absolute atomic E-state index is 4.86. The normalized spacial score (nSPS) is 10.1. The molecule has 3 heteroatoms. The van der Waals surface area contributed by atoms with E-state index in [0.717, 1.165) is 5.56 Å². The van der Waals surface area contributed by atoms with Crippen molar-refractivity contribution >= 4 is 0 Å². The van der Waals surface area contributed by atoms with Crippen LogP contribution in [0.3, 0.4) is 0 Å². The van der Waals surface area contributed by atoms with Crippen LogP contribution in [-0.4, -0.2) is 10.1 Å². The quantitative estimate of drug-likeness (QED) is 0.640. The molecule has 2 aromatic rings. The third-order valence-corrected chi connectivity index (χ3v) is 1.56. The van der Waals surface area contributed by atoms with Crippen LogP contribution >= 0.6 is 0 Å². The Hall–Kier alpha value is -1.64. The van der Waals surface area contributed by atoms with Crippen LogP contribution < -0.4 is 0 Å². The number of hydrogen-bond acceptors (Lipinski definition) is 3. The molecule has 1 heterocycles. The fraction of sp³-hybridized carbons (Fsp3) is 0.111. The number of aryl methyl sites for hydroxylation is 1. The molecule has 1 aromatic carbocycles. The van der Waals surface area contributed by atoms with E-state index in [-0.39, 0.29) is 0 Å². The van der Waals surface area contributed by atoms with Gasteiger partial charge in [-0.15, -0.1) is 0 Å². The molecule has 0 atom stereocenters. The summed E-state index contributed by atoms with van der Waals surface area (Å²) in [5.74, 6) is 1.24. The second-order valence-electron chi connectivity index (χ2n) is 2.50. The monoisotopic (exact) mass is 160 g/mol. The smallest absolute Gasteiger partial charge is 0.223 e. The second kappa shape index (κ2) is 2.77. The van der Waals surface area contributed by atoms with Crippen LogP contribution in [0.15, 0.2) is 34.9 Å². The first-order chi connectivity index (χ1) is 5.86. The molecule has 0 aliphatic rings. The minimum absolute atomic E-state index is 0.592. The summed E-state index contributed by atoms with van der Waals surface area (Å²) < 4.78 is 4.86. The molecule has 0 N–H and O–H groups in total. The Morgan fingerprint density at radius 1 is 1.17 bits per heavy atom. The van der Waals surface area contributed by atoms with Gasteiger partial charge in [0.05, 0.1) is 0 Å². The topological polar surface area (TPSA) is 38.9 Å². The van der Waals surface area contributed by atoms with Crippen LogP contribution in [0.4, 0.5) is 0 Å². The Bertz CT molecular complexity index is 367. The molecule has 0 bridgehead atoms. The standard InChI is InChI=1S/C9H8N2O/c1-7-10-9(11-12-7)8-5-3-2-4-6-8/h2-6H,1H3. The predicted molar refractivity (Wildman–Crippen MR) is 44.5 cm³/mol. The van der Waals surface area contributed by atoms with E-state index >= 15 is 0 Å². The highest BCUT2D eigenvalue weighted by molar-refractivity contribution is 5.53. The first-order valence-electron chi connectivity index (χ1n) is 3.72. The van der Waals surface area contributed by atoms with Gasteiger partial charge in [-0.1, -0.05) is 35.5 Å². The second-order valence-corrected chi connectivity index (χ2v) is 2.50. The first kappa shape index (κ1) is 7.03. The molecule has 0 aliphatic heterocycles. The predicted octanol–water partition coefficient (Wildman–Crippen LogP) is 2.05. The Morgan fingerprint density at radius 2 is 1.92 bits per heavy atom. The van der Waals surface area contributed by atoms with Crippen molar-refractivity contribution in [2.45, 2.75) is 6.92 Å². The highest BCUT2D eigenvalue weighted by Crippen LogP contribution is 2.13. The average Bonchev–Trinajstić information content (AvgIpc) is 2.54. The average molecular weight is 160 g/mol. The summed E-state index contributed by atoms with van der Waals surface area (Å²) in [4.78, 5) is 4.10. The fourth-order valence-electron chi connectivity index (χ4n) is 1.00. The molecule has 0 saturated carbocycles. The SMILES string of the molecule is Cc1nc(-c2ccccc2)no1. The van der Waals surface area contributed by atoms with Crippen LogP contribution in [-0.2, 0) is 0 Å². The summed E-state index contributed by atoms with van der Waals surface area (Å²) in [5, 5.41) is 3.80. The molecule has 0 aliphatic carbocycles. The summed E-state index contributed by atoms with van der Waals surface area (Å²) in [5.41, 5.74) is 0.981. The molecule has 0 fully saturated rings. The van der Waals surface area contributed by atoms with E-state index in [1.54, 1.807) is 6.92 Å². The molecule has 2 rings (SSSR count). The van der Waals surface area contributed by atoms with Crippen molar-refractivity contribution in [2.24, 2.45) is 0 Å². The van der Waals surface area contributed by atoms with Crippen molar-refractivity contribution in [3.05, 3.63) is 36.2 Å². The van der Waals surface area contributed by atoms with Crippen LogP contribution in [0, 0.1) is 6.92 Å². The van der Waals surface area contributed by atoms with E-state index < -0.39 is 0 Å². The van der Waals surface area contributed by atoms with Gasteiger partial charge in [0.2, 0.25) is 11.7 Å². The first-order valence-corrected chi connectivity index (χ1v) is 3.72. The van der Waals surface area contributed by atoms with Gasteiger partial charge in [-0.05, 0) is 0 Å². The lowest BCUT2D eigenvalue weighted by Gasteiger charge is -1.89. The highest BCUT2D eigenvalue weighted by Gasteiger charge is 2.02. The van der Waals surface area contributed by atoms with Gasteiger partial charge in [0.1, 0.15) is 0 Å². The Labute approximate surface area is 70.0 Å². The lowest BCUT2D eigenvalue weighted by molar-refractivity contribution is 0.394. The lowest BCUT2D eigenvalue weighted by Crippen LogP contribution is -1.78. The molecular formula is C9H8N2O. The van der Waals surface area contributed by atoms with Gasteiger partial charge in [0.25, 0.3) is 0 Å². The van der Waals surface area contributed by atoms with Crippen molar-refractivity contribution in [3.63, 3.8) is 0 Å². The zero-order valence-electron chi connectivity index (χ0n) is 6.69. The van der Waals surface area contributed by atoms with Crippen molar-refractivity contribution in [2.75, 3.05) is 0 Å². The molecule has 0 amide bonds. The Balaban J connectivity index is 2.45. The number of rotatable bonds is 1. The largest absolute Gasteiger partial charge is 0.339 e. The molecule has 0 saturated heterocycles. The minimum atomic E-state index is 0.592. The maximum Gasteiger partial charge on any atom is 0.223 e. The van der Waals surface area contributed by atoms with Crippen LogP contribution in [0.1, 0.15) is 5.89 Å². The summed E-state index contributed by atoms with van der Waals surface area (Å²) in [6.45, 7) is 1.78. The maximum atomic E-state index is 4.86. The van der Waals surface area contributed by atoms with Gasteiger partial charge in [-0.25, -0.2) is 0 Å². The minimum Gasteiger partial charge on any atom is -0.339 e. The van der Waals surface area contributed by atoms with Gasteiger partial charge in [0, 0.05) is 12.5 Å². The number of nitrogens with zero attached hydrogens (tertiary/aromatic N) is 2. The van der Waals surface area contributed by atoms with Gasteiger partial charge < -0.3 is 4.52 Å². The molecule has 12 heavy (non-hydrogen) atoms. The molecule has 1 aromatic heterocycles. The summed E-state index contributed by atoms with van der Waals surface area (Å²) in [7, 11) is 0. The summed E-state index contributed by atoms with van der Waals surface area (Å²) in [6.07, 6.45) is 0. The van der Waals surface area contributed by atoms with Gasteiger partial charge in [0.15, 0.2) is 0 Å². The van der Waals surface area contributed by atoms with Gasteiger partial charge in [-0.3, -0.25) is 0 Å². The summed E-state index contributed by atoms with van der Waals surface area (Å²) >= 11 is 0. The van der Waals surface area contributed by atoms with E-state index in [9.17, 15) is 0 Å². The van der Waals surface area contributed by atoms with Crippen molar-refractivity contribution in [1.82, 2.24) is 10.1 Å². The van der Waals surface area contributed by atoms with Crippen molar-refractivity contribution in [3.8, 4) is 11.4 Å². The van der Waals surface area contributed by atoms with Crippen LogP contribution in [0.5, 0.6) is 0 Å². The van der Waals surface area contributed by atoms with E-state index in [1.807, 2.05) is 30.3 Å². The van der Waals surface area contributed by atoms with E-state index in [0.29, 0.717) is 11.7 Å². The third-order valence-electron chi connectivity index (χ3n) is 1.56. The molecule has 60 valence electrons. The Kier molecular flexibility index (Phi) is 1.63. The van der Waals surface area contributed by atoms with E-state index in [4.69, 9.17) is 4.52 Å². The van der Waals surface area contributed by atoms with E-state index in [2.05, 4.69) is 10.1 Å². The molecule has 0 unspecified atom stereocenters.